The van der Waals surface area contributed by atoms with Crippen LogP contribution in [0.4, 0.5) is 0 Å². The van der Waals surface area contributed by atoms with Crippen LogP contribution in [0, 0.1) is 11.8 Å². The number of halogens is 1. The molecule has 0 radical (unpaired) electrons. The van der Waals surface area contributed by atoms with E-state index in [0.29, 0.717) is 24.3 Å². The van der Waals surface area contributed by atoms with Gasteiger partial charge in [-0.15, -0.1) is 12.4 Å². The Hall–Kier alpha value is -1.14. The van der Waals surface area contributed by atoms with Crippen LogP contribution in [0.15, 0.2) is 30.3 Å². The first-order chi connectivity index (χ1) is 11.6. The van der Waals surface area contributed by atoms with Crippen molar-refractivity contribution in [2.24, 2.45) is 11.8 Å². The molecule has 1 saturated heterocycles. The lowest BCUT2D eigenvalue weighted by molar-refractivity contribution is -0.120. The Bertz CT molecular complexity index is 557. The van der Waals surface area contributed by atoms with Crippen molar-refractivity contribution >= 4 is 18.3 Å². The molecular weight excluding hydrogens is 340 g/mol. The summed E-state index contributed by atoms with van der Waals surface area (Å²) >= 11 is 0. The molecule has 3 rings (SSSR count). The molecule has 2 fully saturated rings. The third kappa shape index (κ3) is 4.53. The first kappa shape index (κ1) is 20.2. The second-order valence-corrected chi connectivity index (χ2v) is 7.15. The summed E-state index contributed by atoms with van der Waals surface area (Å²) in [5, 5.41) is 17.5. The minimum Gasteiger partial charge on any atom is -0.389 e. The number of nitrogens with one attached hydrogen (secondary N) is 2. The zero-order valence-corrected chi connectivity index (χ0v) is 15.7. The van der Waals surface area contributed by atoms with E-state index in [4.69, 9.17) is 4.74 Å². The van der Waals surface area contributed by atoms with Gasteiger partial charge >= 0.3 is 0 Å². The SMILES string of the molecule is COCC1C2CCC1C(C(O)C(Cc1ccccc1)NC(C)=O)N2.Cl. The Morgan fingerprint density at radius 1 is 1.36 bits per heavy atom. The van der Waals surface area contributed by atoms with Gasteiger partial charge in [-0.1, -0.05) is 30.3 Å². The molecule has 0 aromatic heterocycles. The van der Waals surface area contributed by atoms with Crippen molar-refractivity contribution < 1.29 is 14.6 Å². The van der Waals surface area contributed by atoms with Crippen LogP contribution in [-0.2, 0) is 16.0 Å². The van der Waals surface area contributed by atoms with E-state index < -0.39 is 6.10 Å². The molecule has 3 N–H and O–H groups in total. The number of fused-ring (bicyclic) bond motifs is 2. The van der Waals surface area contributed by atoms with Crippen molar-refractivity contribution in [3.05, 3.63) is 35.9 Å². The number of ether oxygens (including phenoxy) is 1. The normalized spacial score (nSPS) is 29.7. The zero-order valence-electron chi connectivity index (χ0n) is 14.9. The summed E-state index contributed by atoms with van der Waals surface area (Å²) in [6, 6.07) is 10.2. The molecule has 5 nitrogen and oxygen atoms in total. The second-order valence-electron chi connectivity index (χ2n) is 7.15. The number of aliphatic hydroxyl groups is 1. The monoisotopic (exact) mass is 368 g/mol. The van der Waals surface area contributed by atoms with Crippen molar-refractivity contribution in [3.63, 3.8) is 0 Å². The minimum atomic E-state index is -0.608. The van der Waals surface area contributed by atoms with Gasteiger partial charge in [0, 0.05) is 32.0 Å². The second kappa shape index (κ2) is 8.99. The van der Waals surface area contributed by atoms with Gasteiger partial charge in [-0.3, -0.25) is 4.79 Å². The lowest BCUT2D eigenvalue weighted by Gasteiger charge is -2.33. The summed E-state index contributed by atoms with van der Waals surface area (Å²) in [5.74, 6) is 0.771. The van der Waals surface area contributed by atoms with Crippen molar-refractivity contribution in [2.75, 3.05) is 13.7 Å². The molecule has 1 heterocycles. The van der Waals surface area contributed by atoms with Crippen LogP contribution in [0.3, 0.4) is 0 Å². The minimum absolute atomic E-state index is 0. The van der Waals surface area contributed by atoms with Gasteiger partial charge in [-0.05, 0) is 30.7 Å². The smallest absolute Gasteiger partial charge is 0.217 e. The number of benzene rings is 1. The van der Waals surface area contributed by atoms with E-state index in [1.807, 2.05) is 30.3 Å². The maximum absolute atomic E-state index is 11.6. The molecule has 1 saturated carbocycles. The number of methoxy groups -OCH3 is 1. The summed E-state index contributed by atoms with van der Waals surface area (Å²) in [7, 11) is 1.73. The average Bonchev–Trinajstić information content (AvgIpc) is 3.11. The van der Waals surface area contributed by atoms with Crippen molar-refractivity contribution in [2.45, 2.75) is 50.4 Å². The Kier molecular flexibility index (Phi) is 7.25. The highest BCUT2D eigenvalue weighted by molar-refractivity contribution is 5.85. The fourth-order valence-electron chi connectivity index (χ4n) is 4.54. The van der Waals surface area contributed by atoms with E-state index in [1.165, 1.54) is 6.92 Å². The van der Waals surface area contributed by atoms with Crippen LogP contribution in [0.5, 0.6) is 0 Å². The van der Waals surface area contributed by atoms with Crippen LogP contribution < -0.4 is 10.6 Å². The van der Waals surface area contributed by atoms with E-state index in [2.05, 4.69) is 10.6 Å². The molecule has 1 aliphatic heterocycles. The number of carbonyl (C=O) groups excluding carboxylic acids is 1. The first-order valence-corrected chi connectivity index (χ1v) is 8.84. The Balaban J connectivity index is 0.00000225. The lowest BCUT2D eigenvalue weighted by atomic mass is 9.85. The third-order valence-electron chi connectivity index (χ3n) is 5.57. The van der Waals surface area contributed by atoms with Gasteiger partial charge in [0.15, 0.2) is 0 Å². The zero-order chi connectivity index (χ0) is 17.1. The van der Waals surface area contributed by atoms with Crippen LogP contribution in [0.2, 0.25) is 0 Å². The molecule has 2 aliphatic rings. The molecule has 1 amide bonds. The molecule has 1 aromatic rings. The molecule has 6 heteroatoms. The van der Waals surface area contributed by atoms with Gasteiger partial charge in [0.1, 0.15) is 0 Å². The van der Waals surface area contributed by atoms with Crippen LogP contribution in [0.25, 0.3) is 0 Å². The van der Waals surface area contributed by atoms with Crippen molar-refractivity contribution in [1.29, 1.82) is 0 Å². The highest BCUT2D eigenvalue weighted by atomic mass is 35.5. The number of piperidine rings is 1. The van der Waals surface area contributed by atoms with Crippen molar-refractivity contribution in [1.82, 2.24) is 10.6 Å². The van der Waals surface area contributed by atoms with E-state index >= 15 is 0 Å². The van der Waals surface area contributed by atoms with Crippen LogP contribution >= 0.6 is 12.4 Å². The Morgan fingerprint density at radius 2 is 2.08 bits per heavy atom. The van der Waals surface area contributed by atoms with E-state index in [0.717, 1.165) is 25.0 Å². The molecule has 1 aliphatic carbocycles. The Morgan fingerprint density at radius 3 is 2.72 bits per heavy atom. The van der Waals surface area contributed by atoms with Gasteiger partial charge in [-0.2, -0.15) is 0 Å². The summed E-state index contributed by atoms with van der Waals surface area (Å²) in [6.45, 7) is 2.24. The predicted molar refractivity (Wildman–Crippen MR) is 99.8 cm³/mol. The summed E-state index contributed by atoms with van der Waals surface area (Å²) in [6.07, 6.45) is 2.28. The fourth-order valence-corrected chi connectivity index (χ4v) is 4.54. The van der Waals surface area contributed by atoms with Crippen LogP contribution in [-0.4, -0.2) is 49.0 Å². The van der Waals surface area contributed by atoms with Gasteiger partial charge in [0.05, 0.1) is 18.8 Å². The summed E-state index contributed by atoms with van der Waals surface area (Å²) in [4.78, 5) is 11.6. The van der Waals surface area contributed by atoms with Crippen molar-refractivity contribution in [3.8, 4) is 0 Å². The number of amides is 1. The summed E-state index contributed by atoms with van der Waals surface area (Å²) in [5.41, 5.74) is 1.12. The molecule has 6 atom stereocenters. The topological polar surface area (TPSA) is 70.6 Å². The Labute approximate surface area is 155 Å². The maximum atomic E-state index is 11.6. The number of hydrogen-bond donors (Lipinski definition) is 3. The average molecular weight is 369 g/mol. The lowest BCUT2D eigenvalue weighted by Crippen LogP contribution is -2.55. The molecule has 1 aromatic carbocycles. The highest BCUT2D eigenvalue weighted by Gasteiger charge is 2.51. The number of aliphatic hydroxyl groups excluding tert-OH is 1. The molecule has 6 unspecified atom stereocenters. The van der Waals surface area contributed by atoms with Gasteiger partial charge < -0.3 is 20.5 Å². The molecule has 2 bridgehead atoms. The largest absolute Gasteiger partial charge is 0.389 e. The summed E-state index contributed by atoms with van der Waals surface area (Å²) < 4.78 is 5.36. The molecular formula is C19H29ClN2O3. The standard InChI is InChI=1S/C19H28N2O3.ClH/c1-12(22)20-17(10-13-6-4-3-5-7-13)19(23)18-14-8-9-16(21-18)15(14)11-24-2;/h3-7,14-19,21,23H,8-11H2,1-2H3,(H,20,22);1H. The van der Waals surface area contributed by atoms with Gasteiger partial charge in [-0.25, -0.2) is 0 Å². The van der Waals surface area contributed by atoms with Crippen LogP contribution in [0.1, 0.15) is 25.3 Å². The predicted octanol–water partition coefficient (Wildman–Crippen LogP) is 1.53. The number of rotatable bonds is 7. The molecule has 25 heavy (non-hydrogen) atoms. The van der Waals surface area contributed by atoms with Gasteiger partial charge in [0.2, 0.25) is 5.91 Å². The number of carbonyl (C=O) groups is 1. The van der Waals surface area contributed by atoms with Gasteiger partial charge in [0.25, 0.3) is 0 Å². The fraction of sp³-hybridized carbons (Fsp3) is 0.632. The molecule has 140 valence electrons. The molecule has 0 spiro atoms. The highest BCUT2D eigenvalue weighted by Crippen LogP contribution is 2.42. The number of hydrogen-bond acceptors (Lipinski definition) is 4. The quantitative estimate of drug-likeness (QED) is 0.682. The van der Waals surface area contributed by atoms with E-state index in [9.17, 15) is 9.90 Å². The third-order valence-corrected chi connectivity index (χ3v) is 5.57. The van der Waals surface area contributed by atoms with E-state index in [-0.39, 0.29) is 30.4 Å². The van der Waals surface area contributed by atoms with E-state index in [1.54, 1.807) is 7.11 Å². The first-order valence-electron chi connectivity index (χ1n) is 8.84. The maximum Gasteiger partial charge on any atom is 0.217 e.